The van der Waals surface area contributed by atoms with Gasteiger partial charge in [-0.15, -0.1) is 0 Å². The third-order valence-electron chi connectivity index (χ3n) is 2.70. The average Bonchev–Trinajstić information content (AvgIpc) is 2.43. The quantitative estimate of drug-likeness (QED) is 0.574. The van der Waals surface area contributed by atoms with Gasteiger partial charge in [-0.3, -0.25) is 0 Å². The summed E-state index contributed by atoms with van der Waals surface area (Å²) in [4.78, 5) is 0. The molecule has 4 heteroatoms. The van der Waals surface area contributed by atoms with Crippen LogP contribution >= 0.6 is 11.6 Å². The lowest BCUT2D eigenvalue weighted by Crippen LogP contribution is -2.02. The highest BCUT2D eigenvalue weighted by atomic mass is 35.5. The van der Waals surface area contributed by atoms with Crippen LogP contribution in [0, 0.1) is 11.6 Å². The largest absolute Gasteiger partial charge is 0.489 e. The van der Waals surface area contributed by atoms with Gasteiger partial charge in [0.2, 0.25) is 0 Å². The van der Waals surface area contributed by atoms with E-state index >= 15 is 0 Å². The fourth-order valence-electron chi connectivity index (χ4n) is 1.74. The molecule has 0 amide bonds. The van der Waals surface area contributed by atoms with Gasteiger partial charge in [-0.2, -0.15) is 0 Å². The Morgan fingerprint density at radius 2 is 1.63 bits per heavy atom. The van der Waals surface area contributed by atoms with Gasteiger partial charge in [0.25, 0.3) is 0 Å². The van der Waals surface area contributed by atoms with Crippen molar-refractivity contribution in [2.45, 2.75) is 12.8 Å². The molecule has 0 radical (unpaired) electrons. The number of ether oxygens (including phenoxy) is 1. The molecule has 0 spiro atoms. The van der Waals surface area contributed by atoms with E-state index in [9.17, 15) is 8.78 Å². The van der Waals surface area contributed by atoms with Crippen molar-refractivity contribution >= 4 is 11.6 Å². The zero-order chi connectivity index (χ0) is 13.7. The van der Waals surface area contributed by atoms with Crippen LogP contribution in [-0.4, -0.2) is 6.61 Å². The standard InChI is InChI=1S/C15H13ClF2O/c16-14-12(17)8-9-13(18)15(14)19-10-4-7-11-5-2-1-3-6-11/h1-3,5-6,8-9H,4,7,10H2. The number of aryl methyl sites for hydroxylation is 1. The van der Waals surface area contributed by atoms with Crippen LogP contribution in [0.3, 0.4) is 0 Å². The first kappa shape index (κ1) is 13.8. The van der Waals surface area contributed by atoms with Crippen molar-refractivity contribution in [2.75, 3.05) is 6.61 Å². The number of rotatable bonds is 5. The first-order valence-corrected chi connectivity index (χ1v) is 6.36. The maximum absolute atomic E-state index is 13.4. The van der Waals surface area contributed by atoms with Gasteiger partial charge in [-0.1, -0.05) is 41.9 Å². The Morgan fingerprint density at radius 1 is 0.947 bits per heavy atom. The molecule has 0 saturated carbocycles. The van der Waals surface area contributed by atoms with E-state index < -0.39 is 11.6 Å². The topological polar surface area (TPSA) is 9.23 Å². The predicted octanol–water partition coefficient (Wildman–Crippen LogP) is 4.63. The molecule has 0 unspecified atom stereocenters. The lowest BCUT2D eigenvalue weighted by molar-refractivity contribution is 0.294. The monoisotopic (exact) mass is 282 g/mol. The highest BCUT2D eigenvalue weighted by molar-refractivity contribution is 6.32. The maximum Gasteiger partial charge on any atom is 0.176 e. The summed E-state index contributed by atoms with van der Waals surface area (Å²) in [6.07, 6.45) is 1.52. The molecule has 0 aliphatic carbocycles. The summed E-state index contributed by atoms with van der Waals surface area (Å²) < 4.78 is 31.8. The van der Waals surface area contributed by atoms with E-state index in [1.807, 2.05) is 30.3 Å². The van der Waals surface area contributed by atoms with Gasteiger partial charge in [-0.05, 0) is 30.5 Å². The maximum atomic E-state index is 13.4. The Balaban J connectivity index is 1.88. The van der Waals surface area contributed by atoms with Crippen molar-refractivity contribution < 1.29 is 13.5 Å². The zero-order valence-corrected chi connectivity index (χ0v) is 11.0. The summed E-state index contributed by atoms with van der Waals surface area (Å²) >= 11 is 5.65. The number of halogens is 3. The van der Waals surface area contributed by atoms with Crippen LogP contribution in [0.1, 0.15) is 12.0 Å². The Morgan fingerprint density at radius 3 is 2.37 bits per heavy atom. The molecule has 19 heavy (non-hydrogen) atoms. The van der Waals surface area contributed by atoms with Gasteiger partial charge in [-0.25, -0.2) is 8.78 Å². The zero-order valence-electron chi connectivity index (χ0n) is 10.2. The molecule has 0 heterocycles. The molecule has 2 aromatic rings. The average molecular weight is 283 g/mol. The Kier molecular flexibility index (Phi) is 4.74. The van der Waals surface area contributed by atoms with Crippen LogP contribution in [0.4, 0.5) is 8.78 Å². The molecular formula is C15H13ClF2O. The second kappa shape index (κ2) is 6.53. The number of hydrogen-bond acceptors (Lipinski definition) is 1. The van der Waals surface area contributed by atoms with Crippen molar-refractivity contribution in [3.63, 3.8) is 0 Å². The first-order valence-electron chi connectivity index (χ1n) is 5.98. The summed E-state index contributed by atoms with van der Waals surface area (Å²) in [5, 5.41) is -0.306. The summed E-state index contributed by atoms with van der Waals surface area (Å²) in [5.41, 5.74) is 1.18. The molecule has 2 aromatic carbocycles. The SMILES string of the molecule is Fc1ccc(F)c(OCCCc2ccccc2)c1Cl. The van der Waals surface area contributed by atoms with E-state index in [-0.39, 0.29) is 17.4 Å². The van der Waals surface area contributed by atoms with Crippen LogP contribution in [0.25, 0.3) is 0 Å². The van der Waals surface area contributed by atoms with E-state index in [1.54, 1.807) is 0 Å². The van der Waals surface area contributed by atoms with E-state index in [1.165, 1.54) is 5.56 Å². The minimum Gasteiger partial charge on any atom is -0.489 e. The Labute approximate surface area is 115 Å². The van der Waals surface area contributed by atoms with Gasteiger partial charge in [0.05, 0.1) is 6.61 Å². The normalized spacial score (nSPS) is 10.5. The molecule has 0 aliphatic rings. The molecule has 0 saturated heterocycles. The molecule has 0 aromatic heterocycles. The number of benzene rings is 2. The fourth-order valence-corrected chi connectivity index (χ4v) is 1.94. The van der Waals surface area contributed by atoms with Crippen molar-refractivity contribution in [1.82, 2.24) is 0 Å². The van der Waals surface area contributed by atoms with Crippen molar-refractivity contribution in [1.29, 1.82) is 0 Å². The molecule has 2 rings (SSSR count). The number of hydrogen-bond donors (Lipinski definition) is 0. The Bertz CT molecular complexity index is 543. The molecule has 0 bridgehead atoms. The van der Waals surface area contributed by atoms with Gasteiger partial charge < -0.3 is 4.74 Å². The molecule has 0 N–H and O–H groups in total. The lowest BCUT2D eigenvalue weighted by Gasteiger charge is -2.09. The molecular weight excluding hydrogens is 270 g/mol. The summed E-state index contributed by atoms with van der Waals surface area (Å²) in [5.74, 6) is -1.54. The smallest absolute Gasteiger partial charge is 0.176 e. The highest BCUT2D eigenvalue weighted by Gasteiger charge is 2.13. The van der Waals surface area contributed by atoms with Crippen molar-refractivity contribution in [2.24, 2.45) is 0 Å². The molecule has 100 valence electrons. The van der Waals surface area contributed by atoms with E-state index in [4.69, 9.17) is 16.3 Å². The van der Waals surface area contributed by atoms with Crippen LogP contribution < -0.4 is 4.74 Å². The van der Waals surface area contributed by atoms with Crippen LogP contribution in [-0.2, 0) is 6.42 Å². The molecule has 1 nitrogen and oxygen atoms in total. The minimum absolute atomic E-state index is 0.213. The van der Waals surface area contributed by atoms with Crippen molar-refractivity contribution in [3.05, 3.63) is 64.7 Å². The third kappa shape index (κ3) is 3.67. The molecule has 0 aliphatic heterocycles. The predicted molar refractivity (Wildman–Crippen MR) is 71.6 cm³/mol. The van der Waals surface area contributed by atoms with Gasteiger partial charge in [0.1, 0.15) is 10.8 Å². The van der Waals surface area contributed by atoms with E-state index in [0.717, 1.165) is 18.6 Å². The van der Waals surface area contributed by atoms with Gasteiger partial charge in [0.15, 0.2) is 11.6 Å². The Hall–Kier alpha value is -1.61. The van der Waals surface area contributed by atoms with Crippen LogP contribution in [0.2, 0.25) is 5.02 Å². The van der Waals surface area contributed by atoms with Gasteiger partial charge >= 0.3 is 0 Å². The lowest BCUT2D eigenvalue weighted by atomic mass is 10.1. The summed E-state index contributed by atoms with van der Waals surface area (Å²) in [7, 11) is 0. The first-order chi connectivity index (χ1) is 9.18. The second-order valence-electron chi connectivity index (χ2n) is 4.11. The van der Waals surface area contributed by atoms with Crippen LogP contribution in [0.5, 0.6) is 5.75 Å². The third-order valence-corrected chi connectivity index (χ3v) is 3.05. The van der Waals surface area contributed by atoms with Crippen LogP contribution in [0.15, 0.2) is 42.5 Å². The van der Waals surface area contributed by atoms with Crippen molar-refractivity contribution in [3.8, 4) is 5.75 Å². The molecule has 0 fully saturated rings. The summed E-state index contributed by atoms with van der Waals surface area (Å²) in [6, 6.07) is 11.9. The summed E-state index contributed by atoms with van der Waals surface area (Å²) in [6.45, 7) is 0.287. The molecule has 0 atom stereocenters. The fraction of sp³-hybridized carbons (Fsp3) is 0.200. The minimum atomic E-state index is -0.680. The highest BCUT2D eigenvalue weighted by Crippen LogP contribution is 2.30. The van der Waals surface area contributed by atoms with Gasteiger partial charge in [0, 0.05) is 0 Å². The van der Waals surface area contributed by atoms with E-state index in [2.05, 4.69) is 0 Å². The van der Waals surface area contributed by atoms with E-state index in [0.29, 0.717) is 6.42 Å². The second-order valence-corrected chi connectivity index (χ2v) is 4.49.